The zero-order valence-corrected chi connectivity index (χ0v) is 13.6. The molecule has 0 aromatic heterocycles. The first-order chi connectivity index (χ1) is 9.10. The van der Waals surface area contributed by atoms with Gasteiger partial charge in [-0.1, -0.05) is 38.8 Å². The van der Waals surface area contributed by atoms with Crippen molar-refractivity contribution >= 4 is 6.21 Å². The highest BCUT2D eigenvalue weighted by atomic mass is 14.9. The van der Waals surface area contributed by atoms with Crippen LogP contribution in [0, 0.1) is 0 Å². The minimum Gasteiger partial charge on any atom is -0.317 e. The van der Waals surface area contributed by atoms with Gasteiger partial charge in [0.25, 0.3) is 0 Å². The van der Waals surface area contributed by atoms with Crippen molar-refractivity contribution in [2.75, 3.05) is 7.05 Å². The lowest BCUT2D eigenvalue weighted by atomic mass is 9.95. The van der Waals surface area contributed by atoms with Gasteiger partial charge >= 0.3 is 0 Å². The van der Waals surface area contributed by atoms with E-state index in [1.807, 2.05) is 13.1 Å². The Hall–Kier alpha value is -0.890. The fourth-order valence-corrected chi connectivity index (χ4v) is 2.42. The number of nitrogens with zero attached hydrogens (tertiary/aromatic N) is 1. The largest absolute Gasteiger partial charge is 0.317 e. The second kappa shape index (κ2) is 11.0. The van der Waals surface area contributed by atoms with Gasteiger partial charge < -0.3 is 5.32 Å². The van der Waals surface area contributed by atoms with E-state index in [4.69, 9.17) is 0 Å². The molecule has 0 aromatic carbocycles. The van der Waals surface area contributed by atoms with Crippen LogP contribution in [0.5, 0.6) is 0 Å². The summed E-state index contributed by atoms with van der Waals surface area (Å²) in [7, 11) is 2.06. The van der Waals surface area contributed by atoms with Crippen molar-refractivity contribution in [1.82, 2.24) is 5.32 Å². The molecule has 0 radical (unpaired) electrons. The zero-order chi connectivity index (χ0) is 14.7. The third kappa shape index (κ3) is 7.31. The van der Waals surface area contributed by atoms with E-state index < -0.39 is 0 Å². The second-order valence-corrected chi connectivity index (χ2v) is 5.07. The van der Waals surface area contributed by atoms with Crippen molar-refractivity contribution in [2.45, 2.75) is 72.3 Å². The van der Waals surface area contributed by atoms with Gasteiger partial charge in [-0.25, -0.2) is 0 Å². The van der Waals surface area contributed by atoms with Crippen LogP contribution in [0.1, 0.15) is 66.2 Å². The van der Waals surface area contributed by atoms with Crippen molar-refractivity contribution in [1.29, 1.82) is 0 Å². The fraction of sp³-hybridized carbons (Fsp3) is 0.706. The third-order valence-corrected chi connectivity index (χ3v) is 3.65. The summed E-state index contributed by atoms with van der Waals surface area (Å²) in [4.78, 5) is 4.39. The van der Waals surface area contributed by atoms with Gasteiger partial charge in [0, 0.05) is 18.0 Å². The number of unbranched alkanes of at least 4 members (excludes halogenated alkanes) is 1. The van der Waals surface area contributed by atoms with Crippen LogP contribution in [0.25, 0.3) is 0 Å². The predicted molar refractivity (Wildman–Crippen MR) is 87.9 cm³/mol. The van der Waals surface area contributed by atoms with Crippen molar-refractivity contribution in [3.8, 4) is 0 Å². The number of hydrogen-bond donors (Lipinski definition) is 1. The number of hydrogen-bond acceptors (Lipinski definition) is 2. The average Bonchev–Trinajstić information content (AvgIpc) is 2.40. The van der Waals surface area contributed by atoms with E-state index in [1.54, 1.807) is 0 Å². The normalized spacial score (nSPS) is 14.6. The van der Waals surface area contributed by atoms with Crippen LogP contribution in [0.4, 0.5) is 0 Å². The molecule has 2 heteroatoms. The van der Waals surface area contributed by atoms with Gasteiger partial charge in [-0.2, -0.15) is 0 Å². The van der Waals surface area contributed by atoms with E-state index in [0.29, 0.717) is 6.04 Å². The number of aliphatic imine (C=N–C) groups is 1. The van der Waals surface area contributed by atoms with E-state index in [1.165, 1.54) is 36.8 Å². The molecule has 0 heterocycles. The van der Waals surface area contributed by atoms with Crippen molar-refractivity contribution < 1.29 is 0 Å². The summed E-state index contributed by atoms with van der Waals surface area (Å²) in [6.07, 6.45) is 8.93. The monoisotopic (exact) mass is 264 g/mol. The molecule has 0 fully saturated rings. The van der Waals surface area contributed by atoms with Crippen LogP contribution in [-0.2, 0) is 0 Å². The first-order valence-corrected chi connectivity index (χ1v) is 7.64. The van der Waals surface area contributed by atoms with Crippen molar-refractivity contribution in [2.24, 2.45) is 4.99 Å². The van der Waals surface area contributed by atoms with Gasteiger partial charge in [0.05, 0.1) is 0 Å². The Balaban J connectivity index is 4.46. The Kier molecular flexibility index (Phi) is 10.5. The van der Waals surface area contributed by atoms with Crippen LogP contribution < -0.4 is 5.32 Å². The molecule has 0 aliphatic carbocycles. The van der Waals surface area contributed by atoms with Gasteiger partial charge in [-0.05, 0) is 52.2 Å². The molecule has 0 bridgehead atoms. The van der Waals surface area contributed by atoms with Gasteiger partial charge in [0.15, 0.2) is 0 Å². The number of allylic oxidation sites excluding steroid dienone is 3. The quantitative estimate of drug-likeness (QED) is 0.441. The van der Waals surface area contributed by atoms with Crippen molar-refractivity contribution in [3.05, 3.63) is 23.4 Å². The molecule has 0 aliphatic heterocycles. The summed E-state index contributed by atoms with van der Waals surface area (Å²) in [5, 5.41) is 3.42. The Morgan fingerprint density at radius 1 is 1.32 bits per heavy atom. The molecule has 0 rings (SSSR count). The first-order valence-electron chi connectivity index (χ1n) is 7.64. The molecule has 1 atom stereocenters. The molecular weight excluding hydrogens is 232 g/mol. The molecule has 2 nitrogen and oxygen atoms in total. The van der Waals surface area contributed by atoms with E-state index in [0.717, 1.165) is 18.5 Å². The summed E-state index contributed by atoms with van der Waals surface area (Å²) >= 11 is 0. The Morgan fingerprint density at radius 3 is 2.47 bits per heavy atom. The smallest absolute Gasteiger partial charge is 0.0402 e. The highest BCUT2D eigenvalue weighted by molar-refractivity contribution is 5.56. The van der Waals surface area contributed by atoms with E-state index in [2.05, 4.69) is 44.7 Å². The zero-order valence-electron chi connectivity index (χ0n) is 13.6. The van der Waals surface area contributed by atoms with Crippen LogP contribution in [-0.4, -0.2) is 19.3 Å². The number of nitrogens with one attached hydrogen (secondary N) is 1. The summed E-state index contributed by atoms with van der Waals surface area (Å²) < 4.78 is 0. The molecule has 0 amide bonds. The highest BCUT2D eigenvalue weighted by Crippen LogP contribution is 2.23. The van der Waals surface area contributed by atoms with Crippen molar-refractivity contribution in [3.63, 3.8) is 0 Å². The lowest BCUT2D eigenvalue weighted by Crippen LogP contribution is -2.25. The Morgan fingerprint density at radius 2 is 2.00 bits per heavy atom. The molecule has 0 saturated carbocycles. The summed E-state index contributed by atoms with van der Waals surface area (Å²) in [6.45, 7) is 12.7. The van der Waals surface area contributed by atoms with Gasteiger partial charge in [0.1, 0.15) is 0 Å². The Labute approximate surface area is 120 Å². The Bertz CT molecular complexity index is 313. The molecule has 1 unspecified atom stereocenters. The standard InChI is InChI=1S/C17H32N2/c1-7-10-11-16(18-6)13-12-14(4)17(8-2)15(5)19-9-3/h9,16,18H,4,7-8,10-13H2,1-3,5-6H3/b17-15-,19-9?. The molecule has 19 heavy (non-hydrogen) atoms. The number of rotatable bonds is 10. The lowest BCUT2D eigenvalue weighted by molar-refractivity contribution is 0.471. The maximum atomic E-state index is 4.39. The molecular formula is C17H32N2. The SMILES string of the molecule is C=C(CCC(CCCC)NC)/C(CC)=C(/C)N=CC. The topological polar surface area (TPSA) is 24.4 Å². The molecule has 0 aliphatic rings. The van der Waals surface area contributed by atoms with Crippen LogP contribution >= 0.6 is 0 Å². The van der Waals surface area contributed by atoms with E-state index in [9.17, 15) is 0 Å². The molecule has 1 N–H and O–H groups in total. The minimum absolute atomic E-state index is 0.616. The van der Waals surface area contributed by atoms with Gasteiger partial charge in [-0.15, -0.1) is 0 Å². The van der Waals surface area contributed by atoms with Crippen LogP contribution in [0.2, 0.25) is 0 Å². The first kappa shape index (κ1) is 18.1. The highest BCUT2D eigenvalue weighted by Gasteiger charge is 2.09. The second-order valence-electron chi connectivity index (χ2n) is 5.07. The molecule has 110 valence electrons. The molecule has 0 spiro atoms. The van der Waals surface area contributed by atoms with Crippen LogP contribution in [0.3, 0.4) is 0 Å². The third-order valence-electron chi connectivity index (χ3n) is 3.65. The predicted octanol–water partition coefficient (Wildman–Crippen LogP) is 4.88. The van der Waals surface area contributed by atoms with Gasteiger partial charge in [0.2, 0.25) is 0 Å². The summed E-state index contributed by atoms with van der Waals surface area (Å²) in [6, 6.07) is 0.616. The lowest BCUT2D eigenvalue weighted by Gasteiger charge is -2.18. The fourth-order valence-electron chi connectivity index (χ4n) is 2.42. The van der Waals surface area contributed by atoms with Crippen LogP contribution in [0.15, 0.2) is 28.4 Å². The summed E-state index contributed by atoms with van der Waals surface area (Å²) in [5.41, 5.74) is 3.69. The molecule has 0 saturated heterocycles. The average molecular weight is 264 g/mol. The van der Waals surface area contributed by atoms with E-state index >= 15 is 0 Å². The maximum Gasteiger partial charge on any atom is 0.0402 e. The molecule has 0 aromatic rings. The van der Waals surface area contributed by atoms with E-state index in [-0.39, 0.29) is 0 Å². The minimum atomic E-state index is 0.616. The van der Waals surface area contributed by atoms with Gasteiger partial charge in [-0.3, -0.25) is 4.99 Å². The summed E-state index contributed by atoms with van der Waals surface area (Å²) in [5.74, 6) is 0. The maximum absolute atomic E-state index is 4.39.